The van der Waals surface area contributed by atoms with Gasteiger partial charge in [0.05, 0.1) is 6.54 Å². The summed E-state index contributed by atoms with van der Waals surface area (Å²) in [4.78, 5) is 18.5. The van der Waals surface area contributed by atoms with Gasteiger partial charge in [0.1, 0.15) is 0 Å². The number of amides is 1. The van der Waals surface area contributed by atoms with E-state index in [1.54, 1.807) is 6.20 Å². The number of nitrogens with one attached hydrogen (secondary N) is 1. The summed E-state index contributed by atoms with van der Waals surface area (Å²) in [5, 5.41) is 15.1. The van der Waals surface area contributed by atoms with E-state index in [0.717, 1.165) is 50.6 Å². The largest absolute Gasteiger partial charge is 0.356 e. The molecular formula is C20H31N7O. The molecule has 0 spiro atoms. The van der Waals surface area contributed by atoms with Gasteiger partial charge in [-0.2, -0.15) is 0 Å². The highest BCUT2D eigenvalue weighted by Crippen LogP contribution is 2.17. The molecule has 0 aliphatic carbocycles. The molecule has 28 heavy (non-hydrogen) atoms. The second kappa shape index (κ2) is 10.8. The van der Waals surface area contributed by atoms with Gasteiger partial charge in [0.2, 0.25) is 5.91 Å². The summed E-state index contributed by atoms with van der Waals surface area (Å²) in [5.41, 5.74) is 1.20. The summed E-state index contributed by atoms with van der Waals surface area (Å²) >= 11 is 0. The molecule has 0 atom stereocenters. The van der Waals surface area contributed by atoms with E-state index in [9.17, 15) is 4.79 Å². The Labute approximate surface area is 166 Å². The van der Waals surface area contributed by atoms with E-state index in [4.69, 9.17) is 0 Å². The quantitative estimate of drug-likeness (QED) is 0.628. The van der Waals surface area contributed by atoms with Crippen molar-refractivity contribution >= 4 is 5.91 Å². The van der Waals surface area contributed by atoms with Crippen molar-refractivity contribution in [2.24, 2.45) is 5.92 Å². The Morgan fingerprint density at radius 3 is 2.93 bits per heavy atom. The SMILES string of the molecule is CC1CCN(Cc2nnnn2CCCC(=O)NCCCc2cccnc2)CC1. The molecule has 1 saturated heterocycles. The van der Waals surface area contributed by atoms with Crippen molar-refractivity contribution in [1.82, 2.24) is 35.4 Å². The van der Waals surface area contributed by atoms with Gasteiger partial charge in [-0.1, -0.05) is 13.0 Å². The van der Waals surface area contributed by atoms with Crippen molar-refractivity contribution in [3.05, 3.63) is 35.9 Å². The highest BCUT2D eigenvalue weighted by atomic mass is 16.1. The molecule has 8 heteroatoms. The number of rotatable bonds is 10. The van der Waals surface area contributed by atoms with Crippen molar-refractivity contribution in [1.29, 1.82) is 0 Å². The lowest BCUT2D eigenvalue weighted by atomic mass is 9.99. The highest BCUT2D eigenvalue weighted by Gasteiger charge is 2.18. The number of pyridine rings is 1. The van der Waals surface area contributed by atoms with Crippen LogP contribution in [0.15, 0.2) is 24.5 Å². The molecule has 0 unspecified atom stereocenters. The Morgan fingerprint density at radius 2 is 2.14 bits per heavy atom. The Hall–Kier alpha value is -2.35. The topological polar surface area (TPSA) is 88.8 Å². The minimum absolute atomic E-state index is 0.0887. The molecule has 3 rings (SSSR count). The second-order valence-electron chi connectivity index (χ2n) is 7.70. The number of hydrogen-bond acceptors (Lipinski definition) is 6. The van der Waals surface area contributed by atoms with Crippen molar-refractivity contribution in [2.75, 3.05) is 19.6 Å². The van der Waals surface area contributed by atoms with Crippen LogP contribution < -0.4 is 5.32 Å². The lowest BCUT2D eigenvalue weighted by molar-refractivity contribution is -0.121. The molecule has 3 heterocycles. The first kappa shape index (κ1) is 20.4. The fourth-order valence-electron chi connectivity index (χ4n) is 3.47. The lowest BCUT2D eigenvalue weighted by Crippen LogP contribution is -2.33. The van der Waals surface area contributed by atoms with Crippen LogP contribution in [0.4, 0.5) is 0 Å². The molecule has 1 N–H and O–H groups in total. The Bertz CT molecular complexity index is 710. The van der Waals surface area contributed by atoms with Gasteiger partial charge >= 0.3 is 0 Å². The minimum atomic E-state index is 0.0887. The van der Waals surface area contributed by atoms with Crippen molar-refractivity contribution in [3.8, 4) is 0 Å². The van der Waals surface area contributed by atoms with Crippen LogP contribution in [0.25, 0.3) is 0 Å². The molecule has 2 aromatic heterocycles. The zero-order valence-corrected chi connectivity index (χ0v) is 16.8. The highest BCUT2D eigenvalue weighted by molar-refractivity contribution is 5.75. The first-order chi connectivity index (χ1) is 13.7. The molecule has 1 amide bonds. The van der Waals surface area contributed by atoms with Crippen LogP contribution in [0.5, 0.6) is 0 Å². The van der Waals surface area contributed by atoms with E-state index in [0.29, 0.717) is 19.5 Å². The number of tetrazole rings is 1. The lowest BCUT2D eigenvalue weighted by Gasteiger charge is -2.29. The molecule has 1 aliphatic rings. The summed E-state index contributed by atoms with van der Waals surface area (Å²) < 4.78 is 1.84. The third kappa shape index (κ3) is 6.67. The third-order valence-electron chi connectivity index (χ3n) is 5.31. The van der Waals surface area contributed by atoms with E-state index in [1.807, 2.05) is 16.9 Å². The van der Waals surface area contributed by atoms with E-state index >= 15 is 0 Å². The van der Waals surface area contributed by atoms with Crippen LogP contribution in [-0.2, 0) is 24.3 Å². The number of aryl methyl sites for hydroxylation is 2. The maximum atomic E-state index is 12.0. The minimum Gasteiger partial charge on any atom is -0.356 e. The van der Waals surface area contributed by atoms with E-state index < -0.39 is 0 Å². The van der Waals surface area contributed by atoms with E-state index in [-0.39, 0.29) is 5.91 Å². The molecule has 0 aromatic carbocycles. The predicted octanol–water partition coefficient (Wildman–Crippen LogP) is 1.83. The average molecular weight is 386 g/mol. The van der Waals surface area contributed by atoms with Crippen LogP contribution in [0, 0.1) is 5.92 Å². The van der Waals surface area contributed by atoms with Crippen LogP contribution in [-0.4, -0.2) is 55.6 Å². The molecular weight excluding hydrogens is 354 g/mol. The maximum Gasteiger partial charge on any atom is 0.220 e. The van der Waals surface area contributed by atoms with Crippen molar-refractivity contribution in [3.63, 3.8) is 0 Å². The number of likely N-dealkylation sites (tertiary alicyclic amines) is 1. The molecule has 1 aliphatic heterocycles. The van der Waals surface area contributed by atoms with Gasteiger partial charge in [0, 0.05) is 31.9 Å². The molecule has 0 saturated carbocycles. The van der Waals surface area contributed by atoms with Crippen molar-refractivity contribution < 1.29 is 4.79 Å². The fourth-order valence-corrected chi connectivity index (χ4v) is 3.47. The molecule has 8 nitrogen and oxygen atoms in total. The van der Waals surface area contributed by atoms with Gasteiger partial charge in [0.25, 0.3) is 0 Å². The smallest absolute Gasteiger partial charge is 0.220 e. The Balaban J connectivity index is 1.30. The molecule has 0 bridgehead atoms. The number of hydrogen-bond donors (Lipinski definition) is 1. The summed E-state index contributed by atoms with van der Waals surface area (Å²) in [7, 11) is 0. The molecule has 1 fully saturated rings. The van der Waals surface area contributed by atoms with Gasteiger partial charge in [0.15, 0.2) is 5.82 Å². The third-order valence-corrected chi connectivity index (χ3v) is 5.31. The van der Waals surface area contributed by atoms with Gasteiger partial charge < -0.3 is 5.32 Å². The van der Waals surface area contributed by atoms with Crippen LogP contribution >= 0.6 is 0 Å². The predicted molar refractivity (Wildman–Crippen MR) is 106 cm³/mol. The number of aromatic nitrogens is 5. The summed E-state index contributed by atoms with van der Waals surface area (Å²) in [6.07, 6.45) is 9.20. The van der Waals surface area contributed by atoms with Gasteiger partial charge in [-0.05, 0) is 73.2 Å². The van der Waals surface area contributed by atoms with Crippen LogP contribution in [0.2, 0.25) is 0 Å². The van der Waals surface area contributed by atoms with Crippen molar-refractivity contribution in [2.45, 2.75) is 58.5 Å². The summed E-state index contributed by atoms with van der Waals surface area (Å²) in [6, 6.07) is 4.00. The van der Waals surface area contributed by atoms with Crippen LogP contribution in [0.3, 0.4) is 0 Å². The van der Waals surface area contributed by atoms with E-state index in [1.165, 1.54) is 18.4 Å². The Kier molecular flexibility index (Phi) is 7.90. The number of piperidine rings is 1. The molecule has 152 valence electrons. The second-order valence-corrected chi connectivity index (χ2v) is 7.70. The fraction of sp³-hybridized carbons (Fsp3) is 0.650. The van der Waals surface area contributed by atoms with Gasteiger partial charge in [-0.15, -0.1) is 5.10 Å². The summed E-state index contributed by atoms with van der Waals surface area (Å²) in [5.74, 6) is 1.80. The van der Waals surface area contributed by atoms with Crippen LogP contribution in [0.1, 0.15) is 50.4 Å². The average Bonchev–Trinajstić information content (AvgIpc) is 3.15. The molecule has 0 radical (unpaired) electrons. The number of carbonyl (C=O) groups excluding carboxylic acids is 1. The zero-order chi connectivity index (χ0) is 19.6. The van der Waals surface area contributed by atoms with Gasteiger partial charge in [-0.3, -0.25) is 14.7 Å². The number of carbonyl (C=O) groups is 1. The first-order valence-electron chi connectivity index (χ1n) is 10.3. The molecule has 2 aromatic rings. The van der Waals surface area contributed by atoms with E-state index in [2.05, 4.69) is 43.7 Å². The standard InChI is InChI=1S/C20H31N7O/c1-17-8-13-26(14-9-17)16-19-23-24-25-27(19)12-4-7-20(28)22-11-3-6-18-5-2-10-21-15-18/h2,5,10,15,17H,3-4,6-9,11-14,16H2,1H3,(H,22,28). The number of nitrogens with zero attached hydrogens (tertiary/aromatic N) is 6. The zero-order valence-electron chi connectivity index (χ0n) is 16.8. The Morgan fingerprint density at radius 1 is 1.29 bits per heavy atom. The maximum absolute atomic E-state index is 12.0. The normalized spacial score (nSPS) is 15.6. The van der Waals surface area contributed by atoms with Gasteiger partial charge in [-0.25, -0.2) is 4.68 Å². The first-order valence-corrected chi connectivity index (χ1v) is 10.3. The summed E-state index contributed by atoms with van der Waals surface area (Å²) in [6.45, 7) is 6.68. The monoisotopic (exact) mass is 385 g/mol.